The van der Waals surface area contributed by atoms with Crippen LogP contribution in [0.15, 0.2) is 18.2 Å². The van der Waals surface area contributed by atoms with E-state index in [0.29, 0.717) is 0 Å². The smallest absolute Gasteiger partial charge is 0.0409 e. The van der Waals surface area contributed by atoms with Crippen LogP contribution in [-0.2, 0) is 12.0 Å². The number of halogens is 1. The Morgan fingerprint density at radius 1 is 1.36 bits per heavy atom. The Morgan fingerprint density at radius 3 is 2.93 bits per heavy atom. The van der Waals surface area contributed by atoms with Crippen molar-refractivity contribution in [3.05, 3.63) is 34.3 Å². The highest BCUT2D eigenvalue weighted by Crippen LogP contribution is 2.32. The molecule has 0 aromatic heterocycles. The maximum atomic E-state index is 6.00. The van der Waals surface area contributed by atoms with Crippen molar-refractivity contribution >= 4 is 11.6 Å². The highest BCUT2D eigenvalue weighted by molar-refractivity contribution is 6.30. The van der Waals surface area contributed by atoms with Crippen molar-refractivity contribution < 1.29 is 0 Å². The molecule has 0 atom stereocenters. The summed E-state index contributed by atoms with van der Waals surface area (Å²) in [5, 5.41) is 4.26. The zero-order chi connectivity index (χ0) is 10.2. The van der Waals surface area contributed by atoms with Gasteiger partial charge in [0.2, 0.25) is 0 Å². The Kier molecular flexibility index (Phi) is 2.54. The molecule has 0 fully saturated rings. The van der Waals surface area contributed by atoms with E-state index in [9.17, 15) is 0 Å². The van der Waals surface area contributed by atoms with Gasteiger partial charge in [-0.1, -0.05) is 31.5 Å². The molecule has 0 amide bonds. The second-order valence-corrected chi connectivity index (χ2v) is 5.05. The molecule has 1 aromatic carbocycles. The van der Waals surface area contributed by atoms with E-state index in [1.165, 1.54) is 17.5 Å². The lowest BCUT2D eigenvalue weighted by Gasteiger charge is -2.24. The predicted octanol–water partition coefficient (Wildman–Crippen LogP) is 3.11. The lowest BCUT2D eigenvalue weighted by molar-refractivity contribution is 0.477. The van der Waals surface area contributed by atoms with Gasteiger partial charge >= 0.3 is 0 Å². The molecule has 1 heterocycles. The van der Waals surface area contributed by atoms with Crippen LogP contribution in [0.2, 0.25) is 5.02 Å². The van der Waals surface area contributed by atoms with Crippen molar-refractivity contribution in [2.75, 3.05) is 6.54 Å². The largest absolute Gasteiger partial charge is 0.313 e. The molecule has 1 N–H and O–H groups in total. The van der Waals surface area contributed by atoms with Crippen LogP contribution in [-0.4, -0.2) is 6.54 Å². The summed E-state index contributed by atoms with van der Waals surface area (Å²) in [4.78, 5) is 0. The SMILES string of the molecule is CC1(C)CCNCc2cc(Cl)ccc21. The first-order valence-electron chi connectivity index (χ1n) is 5.09. The molecule has 0 saturated carbocycles. The van der Waals surface area contributed by atoms with Crippen LogP contribution in [0.3, 0.4) is 0 Å². The molecule has 1 aromatic rings. The van der Waals surface area contributed by atoms with E-state index in [-0.39, 0.29) is 5.41 Å². The Hall–Kier alpha value is -0.530. The second-order valence-electron chi connectivity index (χ2n) is 4.61. The van der Waals surface area contributed by atoms with Crippen LogP contribution in [0.25, 0.3) is 0 Å². The minimum atomic E-state index is 0.267. The van der Waals surface area contributed by atoms with Crippen molar-refractivity contribution in [2.45, 2.75) is 32.2 Å². The van der Waals surface area contributed by atoms with Gasteiger partial charge in [0.05, 0.1) is 0 Å². The summed E-state index contributed by atoms with van der Waals surface area (Å²) >= 11 is 6.00. The average Bonchev–Trinajstić information content (AvgIpc) is 2.25. The van der Waals surface area contributed by atoms with E-state index in [4.69, 9.17) is 11.6 Å². The molecular formula is C12H16ClN. The van der Waals surface area contributed by atoms with Gasteiger partial charge in [-0.3, -0.25) is 0 Å². The summed E-state index contributed by atoms with van der Waals surface area (Å²) in [5.41, 5.74) is 3.05. The molecule has 0 unspecified atom stereocenters. The van der Waals surface area contributed by atoms with Crippen molar-refractivity contribution in [3.63, 3.8) is 0 Å². The van der Waals surface area contributed by atoms with Crippen LogP contribution in [0, 0.1) is 0 Å². The number of fused-ring (bicyclic) bond motifs is 1. The number of rotatable bonds is 0. The lowest BCUT2D eigenvalue weighted by atomic mass is 9.80. The normalized spacial score (nSPS) is 19.9. The zero-order valence-electron chi connectivity index (χ0n) is 8.73. The Bertz CT molecular complexity index is 344. The average molecular weight is 210 g/mol. The Balaban J connectivity index is 2.50. The molecule has 2 heteroatoms. The maximum Gasteiger partial charge on any atom is 0.0409 e. The molecule has 14 heavy (non-hydrogen) atoms. The van der Waals surface area contributed by atoms with E-state index in [2.05, 4.69) is 31.3 Å². The van der Waals surface area contributed by atoms with Gasteiger partial charge in [-0.05, 0) is 41.6 Å². The third-order valence-electron chi connectivity index (χ3n) is 3.04. The molecule has 1 aliphatic rings. The standard InChI is InChI=1S/C12H16ClN/c1-12(2)5-6-14-8-9-7-10(13)3-4-11(9)12/h3-4,7,14H,5-6,8H2,1-2H3. The third-order valence-corrected chi connectivity index (χ3v) is 3.27. The van der Waals surface area contributed by atoms with E-state index in [1.807, 2.05) is 6.07 Å². The fourth-order valence-corrected chi connectivity index (χ4v) is 2.32. The van der Waals surface area contributed by atoms with E-state index < -0.39 is 0 Å². The van der Waals surface area contributed by atoms with Gasteiger partial charge in [0.1, 0.15) is 0 Å². The zero-order valence-corrected chi connectivity index (χ0v) is 9.49. The minimum Gasteiger partial charge on any atom is -0.313 e. The first kappa shape index (κ1) is 10.0. The van der Waals surface area contributed by atoms with Crippen LogP contribution < -0.4 is 5.32 Å². The van der Waals surface area contributed by atoms with Crippen molar-refractivity contribution in [1.82, 2.24) is 5.32 Å². The minimum absolute atomic E-state index is 0.267. The van der Waals surface area contributed by atoms with E-state index in [1.54, 1.807) is 0 Å². The summed E-state index contributed by atoms with van der Waals surface area (Å²) in [6.45, 7) is 6.62. The Labute approximate surface area is 90.5 Å². The highest BCUT2D eigenvalue weighted by Gasteiger charge is 2.25. The molecule has 76 valence electrons. The summed E-state index contributed by atoms with van der Waals surface area (Å²) in [5.74, 6) is 0. The summed E-state index contributed by atoms with van der Waals surface area (Å²) in [6, 6.07) is 6.25. The van der Waals surface area contributed by atoms with Gasteiger partial charge in [-0.25, -0.2) is 0 Å². The summed E-state index contributed by atoms with van der Waals surface area (Å²) in [7, 11) is 0. The molecule has 0 bridgehead atoms. The monoisotopic (exact) mass is 209 g/mol. The topological polar surface area (TPSA) is 12.0 Å². The van der Waals surface area contributed by atoms with Crippen LogP contribution in [0.1, 0.15) is 31.4 Å². The van der Waals surface area contributed by atoms with Gasteiger partial charge in [-0.15, -0.1) is 0 Å². The molecular weight excluding hydrogens is 194 g/mol. The van der Waals surface area contributed by atoms with Crippen molar-refractivity contribution in [3.8, 4) is 0 Å². The molecule has 1 nitrogen and oxygen atoms in total. The second kappa shape index (κ2) is 3.56. The van der Waals surface area contributed by atoms with Gasteiger partial charge in [0.15, 0.2) is 0 Å². The quantitative estimate of drug-likeness (QED) is 0.693. The molecule has 0 radical (unpaired) electrons. The van der Waals surface area contributed by atoms with Gasteiger partial charge in [0, 0.05) is 11.6 Å². The van der Waals surface area contributed by atoms with Crippen LogP contribution in [0.5, 0.6) is 0 Å². The lowest BCUT2D eigenvalue weighted by Crippen LogP contribution is -2.20. The fraction of sp³-hybridized carbons (Fsp3) is 0.500. The van der Waals surface area contributed by atoms with E-state index >= 15 is 0 Å². The molecule has 0 aliphatic carbocycles. The molecule has 1 aliphatic heterocycles. The molecule has 0 spiro atoms. The number of hydrogen-bond acceptors (Lipinski definition) is 1. The van der Waals surface area contributed by atoms with Crippen LogP contribution >= 0.6 is 11.6 Å². The van der Waals surface area contributed by atoms with Crippen molar-refractivity contribution in [1.29, 1.82) is 0 Å². The Morgan fingerprint density at radius 2 is 2.14 bits per heavy atom. The molecule has 0 saturated heterocycles. The molecule has 2 rings (SSSR count). The maximum absolute atomic E-state index is 6.00. The highest BCUT2D eigenvalue weighted by atomic mass is 35.5. The van der Waals surface area contributed by atoms with Crippen molar-refractivity contribution in [2.24, 2.45) is 0 Å². The third kappa shape index (κ3) is 1.79. The van der Waals surface area contributed by atoms with Gasteiger partial charge < -0.3 is 5.32 Å². The van der Waals surface area contributed by atoms with E-state index in [0.717, 1.165) is 18.1 Å². The number of hydrogen-bond donors (Lipinski definition) is 1. The summed E-state index contributed by atoms with van der Waals surface area (Å²) in [6.07, 6.45) is 1.18. The first-order valence-corrected chi connectivity index (χ1v) is 5.47. The fourth-order valence-electron chi connectivity index (χ4n) is 2.13. The van der Waals surface area contributed by atoms with Gasteiger partial charge in [0.25, 0.3) is 0 Å². The predicted molar refractivity (Wildman–Crippen MR) is 60.8 cm³/mol. The first-order chi connectivity index (χ1) is 6.59. The summed E-state index contributed by atoms with van der Waals surface area (Å²) < 4.78 is 0. The van der Waals surface area contributed by atoms with Crippen LogP contribution in [0.4, 0.5) is 0 Å². The number of benzene rings is 1. The van der Waals surface area contributed by atoms with Gasteiger partial charge in [-0.2, -0.15) is 0 Å². The number of nitrogens with one attached hydrogen (secondary N) is 1.